The molecule has 0 aromatic heterocycles. The summed E-state index contributed by atoms with van der Waals surface area (Å²) in [6.07, 6.45) is -5.56. The zero-order valence-electron chi connectivity index (χ0n) is 11.9. The van der Waals surface area contributed by atoms with Crippen LogP contribution in [-0.2, 0) is 0 Å². The molecule has 1 atom stereocenters. The lowest BCUT2D eigenvalue weighted by Gasteiger charge is -2.14. The van der Waals surface area contributed by atoms with Crippen molar-refractivity contribution in [3.05, 3.63) is 35.4 Å². The van der Waals surface area contributed by atoms with Crippen molar-refractivity contribution in [3.63, 3.8) is 0 Å². The molecule has 0 aliphatic heterocycles. The van der Waals surface area contributed by atoms with Crippen molar-refractivity contribution in [2.24, 2.45) is 0 Å². The number of hydrogen-bond acceptors (Lipinski definition) is 2. The van der Waals surface area contributed by atoms with Crippen LogP contribution in [0.5, 0.6) is 0 Å². The summed E-state index contributed by atoms with van der Waals surface area (Å²) in [6, 6.07) is 7.65. The van der Waals surface area contributed by atoms with Crippen LogP contribution in [-0.4, -0.2) is 24.4 Å². The molecule has 2 nitrogen and oxygen atoms in total. The Morgan fingerprint density at radius 3 is 2.15 bits per heavy atom. The molecule has 0 aliphatic carbocycles. The first-order valence-corrected chi connectivity index (χ1v) is 6.85. The largest absolute Gasteiger partial charge is 0.389 e. The van der Waals surface area contributed by atoms with E-state index in [1.54, 1.807) is 0 Å². The van der Waals surface area contributed by atoms with E-state index >= 15 is 0 Å². The third-order valence-corrected chi connectivity index (χ3v) is 3.14. The van der Waals surface area contributed by atoms with Crippen LogP contribution in [0.25, 0.3) is 0 Å². The van der Waals surface area contributed by atoms with Crippen molar-refractivity contribution in [1.82, 2.24) is 5.32 Å². The molecule has 114 valence electrons. The molecule has 1 rings (SSSR count). The molecule has 1 unspecified atom stereocenters. The van der Waals surface area contributed by atoms with Crippen molar-refractivity contribution in [1.29, 1.82) is 0 Å². The second-order valence-electron chi connectivity index (χ2n) is 5.26. The summed E-state index contributed by atoms with van der Waals surface area (Å²) < 4.78 is 35.8. The summed E-state index contributed by atoms with van der Waals surface area (Å²) in [7, 11) is 0. The molecule has 0 fully saturated rings. The lowest BCUT2D eigenvalue weighted by molar-refractivity contribution is -0.135. The summed E-state index contributed by atoms with van der Waals surface area (Å²) >= 11 is 0. The Bertz CT molecular complexity index is 387. The Balaban J connectivity index is 2.30. The third kappa shape index (κ3) is 6.39. The number of hydrogen-bond donors (Lipinski definition) is 2. The summed E-state index contributed by atoms with van der Waals surface area (Å²) in [6.45, 7) is 4.70. The fourth-order valence-electron chi connectivity index (χ4n) is 1.87. The van der Waals surface area contributed by atoms with E-state index in [0.29, 0.717) is 5.92 Å². The molecule has 0 aliphatic rings. The van der Waals surface area contributed by atoms with Crippen molar-refractivity contribution in [3.8, 4) is 0 Å². The SMILES string of the molecule is CC(C)c1ccc(C(O)CNCCCC(F)(F)F)cc1. The molecular formula is C15H22F3NO. The normalized spacial score (nSPS) is 13.8. The van der Waals surface area contributed by atoms with Gasteiger partial charge in [-0.15, -0.1) is 0 Å². The van der Waals surface area contributed by atoms with Gasteiger partial charge in [0.2, 0.25) is 0 Å². The molecule has 1 aromatic rings. The highest BCUT2D eigenvalue weighted by Gasteiger charge is 2.25. The topological polar surface area (TPSA) is 32.3 Å². The maximum atomic E-state index is 11.9. The highest BCUT2D eigenvalue weighted by Crippen LogP contribution is 2.21. The van der Waals surface area contributed by atoms with Gasteiger partial charge in [-0.25, -0.2) is 0 Å². The number of aliphatic hydroxyl groups excluding tert-OH is 1. The zero-order chi connectivity index (χ0) is 15.2. The molecule has 5 heteroatoms. The van der Waals surface area contributed by atoms with Crippen LogP contribution in [0.4, 0.5) is 13.2 Å². The predicted octanol–water partition coefficient (Wildman–Crippen LogP) is 3.78. The van der Waals surface area contributed by atoms with Crippen LogP contribution >= 0.6 is 0 Å². The van der Waals surface area contributed by atoms with Gasteiger partial charge in [-0.05, 0) is 30.0 Å². The first-order chi connectivity index (χ1) is 9.29. The van der Waals surface area contributed by atoms with Crippen LogP contribution in [0.3, 0.4) is 0 Å². The fraction of sp³-hybridized carbons (Fsp3) is 0.600. The molecule has 1 aromatic carbocycles. The van der Waals surface area contributed by atoms with E-state index in [1.807, 2.05) is 24.3 Å². The highest BCUT2D eigenvalue weighted by molar-refractivity contribution is 5.26. The highest BCUT2D eigenvalue weighted by atomic mass is 19.4. The lowest BCUT2D eigenvalue weighted by atomic mass is 10.00. The summed E-state index contributed by atoms with van der Waals surface area (Å²) in [5.74, 6) is 0.432. The van der Waals surface area contributed by atoms with Gasteiger partial charge in [0.05, 0.1) is 6.10 Å². The Morgan fingerprint density at radius 2 is 1.65 bits per heavy atom. The number of rotatable bonds is 7. The first kappa shape index (κ1) is 17.0. The number of alkyl halides is 3. The molecule has 0 heterocycles. The standard InChI is InChI=1S/C15H22F3NO/c1-11(2)12-4-6-13(7-5-12)14(20)10-19-9-3-8-15(16,17)18/h4-7,11,14,19-20H,3,8-10H2,1-2H3. The van der Waals surface area contributed by atoms with Crippen LogP contribution in [0.15, 0.2) is 24.3 Å². The van der Waals surface area contributed by atoms with Crippen LogP contribution in [0.1, 0.15) is 49.8 Å². The third-order valence-electron chi connectivity index (χ3n) is 3.14. The van der Waals surface area contributed by atoms with Crippen molar-refractivity contribution >= 4 is 0 Å². The van der Waals surface area contributed by atoms with Gasteiger partial charge >= 0.3 is 6.18 Å². The second kappa shape index (κ2) is 7.64. The quantitative estimate of drug-likeness (QED) is 0.749. The maximum absolute atomic E-state index is 11.9. The van der Waals surface area contributed by atoms with E-state index in [1.165, 1.54) is 5.56 Å². The minimum absolute atomic E-state index is 0.0303. The van der Waals surface area contributed by atoms with E-state index < -0.39 is 18.7 Å². The minimum atomic E-state index is -4.10. The van der Waals surface area contributed by atoms with E-state index in [-0.39, 0.29) is 19.5 Å². The predicted molar refractivity (Wildman–Crippen MR) is 73.6 cm³/mol. The van der Waals surface area contributed by atoms with Gasteiger partial charge in [-0.3, -0.25) is 0 Å². The Morgan fingerprint density at radius 1 is 1.10 bits per heavy atom. The Hall–Kier alpha value is -1.07. The monoisotopic (exact) mass is 289 g/mol. The number of aliphatic hydroxyl groups is 1. The molecule has 20 heavy (non-hydrogen) atoms. The van der Waals surface area contributed by atoms with Gasteiger partial charge in [0, 0.05) is 13.0 Å². The molecule has 0 saturated heterocycles. The van der Waals surface area contributed by atoms with Crippen molar-refractivity contribution < 1.29 is 18.3 Å². The summed E-state index contributed by atoms with van der Waals surface area (Å²) in [5.41, 5.74) is 1.97. The van der Waals surface area contributed by atoms with Crippen molar-refractivity contribution in [2.45, 2.75) is 44.9 Å². The summed E-state index contributed by atoms with van der Waals surface area (Å²) in [4.78, 5) is 0. The van der Waals surface area contributed by atoms with E-state index in [2.05, 4.69) is 19.2 Å². The number of benzene rings is 1. The zero-order valence-corrected chi connectivity index (χ0v) is 11.9. The smallest absolute Gasteiger partial charge is 0.387 e. The second-order valence-corrected chi connectivity index (χ2v) is 5.26. The van der Waals surface area contributed by atoms with E-state index in [4.69, 9.17) is 0 Å². The van der Waals surface area contributed by atoms with E-state index in [0.717, 1.165) is 5.56 Å². The van der Waals surface area contributed by atoms with Crippen LogP contribution < -0.4 is 5.32 Å². The van der Waals surface area contributed by atoms with E-state index in [9.17, 15) is 18.3 Å². The van der Waals surface area contributed by atoms with Gasteiger partial charge in [0.25, 0.3) is 0 Å². The first-order valence-electron chi connectivity index (χ1n) is 6.85. The number of halogens is 3. The molecule has 0 amide bonds. The van der Waals surface area contributed by atoms with Crippen LogP contribution in [0.2, 0.25) is 0 Å². The molecule has 0 bridgehead atoms. The minimum Gasteiger partial charge on any atom is -0.387 e. The maximum Gasteiger partial charge on any atom is 0.389 e. The number of nitrogens with one attached hydrogen (secondary N) is 1. The Kier molecular flexibility index (Phi) is 6.49. The molecular weight excluding hydrogens is 267 g/mol. The van der Waals surface area contributed by atoms with Crippen molar-refractivity contribution in [2.75, 3.05) is 13.1 Å². The molecule has 0 radical (unpaired) electrons. The molecule has 0 spiro atoms. The molecule has 2 N–H and O–H groups in total. The lowest BCUT2D eigenvalue weighted by Crippen LogP contribution is -2.23. The average molecular weight is 289 g/mol. The molecule has 0 saturated carbocycles. The average Bonchev–Trinajstić information content (AvgIpc) is 2.37. The van der Waals surface area contributed by atoms with Gasteiger partial charge < -0.3 is 10.4 Å². The van der Waals surface area contributed by atoms with Gasteiger partial charge in [0.1, 0.15) is 0 Å². The Labute approximate surface area is 118 Å². The van der Waals surface area contributed by atoms with Gasteiger partial charge in [-0.2, -0.15) is 13.2 Å². The van der Waals surface area contributed by atoms with Crippen LogP contribution in [0, 0.1) is 0 Å². The van der Waals surface area contributed by atoms with Gasteiger partial charge in [0.15, 0.2) is 0 Å². The van der Waals surface area contributed by atoms with Gasteiger partial charge in [-0.1, -0.05) is 38.1 Å². The fourth-order valence-corrected chi connectivity index (χ4v) is 1.87. The summed E-state index contributed by atoms with van der Waals surface area (Å²) in [5, 5.41) is 12.8.